The van der Waals surface area contributed by atoms with Gasteiger partial charge < -0.3 is 4.74 Å². The van der Waals surface area contributed by atoms with Gasteiger partial charge in [0.15, 0.2) is 0 Å². The van der Waals surface area contributed by atoms with E-state index in [1.165, 1.54) is 50.5 Å². The first-order chi connectivity index (χ1) is 13.3. The average molecular weight is 364 g/mol. The van der Waals surface area contributed by atoms with Crippen LogP contribution >= 0.6 is 0 Å². The van der Waals surface area contributed by atoms with Gasteiger partial charge in [0.05, 0.1) is 12.2 Å². The molecule has 27 heavy (non-hydrogen) atoms. The molecule has 0 aliphatic heterocycles. The Labute approximate surface area is 165 Å². The monoisotopic (exact) mass is 363 g/mol. The third kappa shape index (κ3) is 7.10. The Bertz CT molecular complexity index is 712. The standard InChI is InChI=1S/C25H33NO/c1-3-5-7-9-11-21-12-14-22(15-13-21)23-16-17-25(24(19-23)20-26)27-18-10-8-6-4-2/h12-17,19H,3-11,18H2,1-2H3. The fraction of sp³-hybridized carbons (Fsp3) is 0.480. The van der Waals surface area contributed by atoms with E-state index in [2.05, 4.69) is 50.2 Å². The molecule has 0 radical (unpaired) electrons. The molecule has 2 nitrogen and oxygen atoms in total. The molecule has 0 fully saturated rings. The first kappa shape index (κ1) is 21.0. The van der Waals surface area contributed by atoms with E-state index in [1.807, 2.05) is 12.1 Å². The van der Waals surface area contributed by atoms with Crippen LogP contribution in [0.25, 0.3) is 11.1 Å². The van der Waals surface area contributed by atoms with Gasteiger partial charge in [-0.3, -0.25) is 0 Å². The lowest BCUT2D eigenvalue weighted by Crippen LogP contribution is -1.99. The summed E-state index contributed by atoms with van der Waals surface area (Å²) in [6.07, 6.45) is 11.0. The van der Waals surface area contributed by atoms with Gasteiger partial charge in [-0.15, -0.1) is 0 Å². The van der Waals surface area contributed by atoms with E-state index in [-0.39, 0.29) is 0 Å². The van der Waals surface area contributed by atoms with Crippen molar-refractivity contribution in [2.24, 2.45) is 0 Å². The van der Waals surface area contributed by atoms with Gasteiger partial charge >= 0.3 is 0 Å². The van der Waals surface area contributed by atoms with E-state index in [4.69, 9.17) is 4.74 Å². The molecule has 2 heteroatoms. The molecule has 0 N–H and O–H groups in total. The number of unbranched alkanes of at least 4 members (excludes halogenated alkanes) is 6. The average Bonchev–Trinajstić information content (AvgIpc) is 2.71. The first-order valence-electron chi connectivity index (χ1n) is 10.5. The van der Waals surface area contributed by atoms with Crippen molar-refractivity contribution in [3.8, 4) is 22.9 Å². The van der Waals surface area contributed by atoms with E-state index in [1.54, 1.807) is 0 Å². The van der Waals surface area contributed by atoms with Gasteiger partial charge in [-0.05, 0) is 48.1 Å². The Kier molecular flexibility index (Phi) is 9.49. The minimum Gasteiger partial charge on any atom is -0.492 e. The van der Waals surface area contributed by atoms with Crippen LogP contribution in [0, 0.1) is 11.3 Å². The van der Waals surface area contributed by atoms with Crippen LogP contribution in [0.4, 0.5) is 0 Å². The van der Waals surface area contributed by atoms with Gasteiger partial charge in [0, 0.05) is 0 Å². The lowest BCUT2D eigenvalue weighted by atomic mass is 9.99. The fourth-order valence-corrected chi connectivity index (χ4v) is 3.25. The van der Waals surface area contributed by atoms with Gasteiger partial charge in [-0.2, -0.15) is 5.26 Å². The maximum atomic E-state index is 9.49. The number of nitriles is 1. The molecular formula is C25H33NO. The van der Waals surface area contributed by atoms with Gasteiger partial charge in [-0.1, -0.05) is 82.7 Å². The molecule has 0 amide bonds. The normalized spacial score (nSPS) is 10.6. The fourth-order valence-electron chi connectivity index (χ4n) is 3.25. The highest BCUT2D eigenvalue weighted by atomic mass is 16.5. The lowest BCUT2D eigenvalue weighted by molar-refractivity contribution is 0.304. The number of hydrogen-bond donors (Lipinski definition) is 0. The second-order valence-corrected chi connectivity index (χ2v) is 7.24. The van der Waals surface area contributed by atoms with Crippen molar-refractivity contribution >= 4 is 0 Å². The summed E-state index contributed by atoms with van der Waals surface area (Å²) in [5.74, 6) is 0.699. The third-order valence-corrected chi connectivity index (χ3v) is 4.96. The topological polar surface area (TPSA) is 33.0 Å². The van der Waals surface area contributed by atoms with Crippen molar-refractivity contribution in [1.82, 2.24) is 0 Å². The molecular weight excluding hydrogens is 330 g/mol. The van der Waals surface area contributed by atoms with Gasteiger partial charge in [-0.25, -0.2) is 0 Å². The number of rotatable bonds is 12. The van der Waals surface area contributed by atoms with Crippen LogP contribution in [0.3, 0.4) is 0 Å². The molecule has 0 aliphatic rings. The number of aryl methyl sites for hydroxylation is 1. The van der Waals surface area contributed by atoms with Crippen molar-refractivity contribution in [3.63, 3.8) is 0 Å². The van der Waals surface area contributed by atoms with E-state index in [0.29, 0.717) is 17.9 Å². The molecule has 0 heterocycles. The molecule has 0 aromatic heterocycles. The number of nitrogens with zero attached hydrogens (tertiary/aromatic N) is 1. The molecule has 0 bridgehead atoms. The van der Waals surface area contributed by atoms with E-state index in [9.17, 15) is 5.26 Å². The van der Waals surface area contributed by atoms with Gasteiger partial charge in [0.25, 0.3) is 0 Å². The third-order valence-electron chi connectivity index (χ3n) is 4.96. The molecule has 0 atom stereocenters. The molecule has 144 valence electrons. The molecule has 2 aromatic carbocycles. The second-order valence-electron chi connectivity index (χ2n) is 7.24. The van der Waals surface area contributed by atoms with Gasteiger partial charge in [0.1, 0.15) is 11.8 Å². The van der Waals surface area contributed by atoms with Gasteiger partial charge in [0.2, 0.25) is 0 Å². The predicted octanol–water partition coefficient (Wildman–Crippen LogP) is 7.31. The Morgan fingerprint density at radius 1 is 0.778 bits per heavy atom. The quantitative estimate of drug-likeness (QED) is 0.370. The molecule has 0 spiro atoms. The zero-order valence-electron chi connectivity index (χ0n) is 17.0. The predicted molar refractivity (Wildman–Crippen MR) is 114 cm³/mol. The van der Waals surface area contributed by atoms with Crippen molar-refractivity contribution in [2.45, 2.75) is 71.6 Å². The van der Waals surface area contributed by atoms with Crippen molar-refractivity contribution in [1.29, 1.82) is 5.26 Å². The summed E-state index contributed by atoms with van der Waals surface area (Å²) < 4.78 is 5.83. The maximum Gasteiger partial charge on any atom is 0.137 e. The van der Waals surface area contributed by atoms with Crippen LogP contribution in [-0.2, 0) is 6.42 Å². The Morgan fingerprint density at radius 2 is 1.44 bits per heavy atom. The highest BCUT2D eigenvalue weighted by Crippen LogP contribution is 2.27. The molecule has 2 aromatic rings. The zero-order chi connectivity index (χ0) is 19.3. The van der Waals surface area contributed by atoms with Crippen molar-refractivity contribution < 1.29 is 4.74 Å². The van der Waals surface area contributed by atoms with E-state index in [0.717, 1.165) is 24.0 Å². The summed E-state index contributed by atoms with van der Waals surface area (Å²) in [6, 6.07) is 17.0. The minimum atomic E-state index is 0.617. The van der Waals surface area contributed by atoms with Crippen LogP contribution < -0.4 is 4.74 Å². The SMILES string of the molecule is CCCCCCOc1ccc(-c2ccc(CCCCCC)cc2)cc1C#N. The Balaban J connectivity index is 1.96. The summed E-state index contributed by atoms with van der Waals surface area (Å²) in [5, 5.41) is 9.49. The Hall–Kier alpha value is -2.27. The molecule has 2 rings (SSSR count). The van der Waals surface area contributed by atoms with Crippen LogP contribution in [0.15, 0.2) is 42.5 Å². The molecule has 0 saturated carbocycles. The zero-order valence-corrected chi connectivity index (χ0v) is 17.0. The number of hydrogen-bond acceptors (Lipinski definition) is 2. The maximum absolute atomic E-state index is 9.49. The van der Waals surface area contributed by atoms with Crippen LogP contribution in [0.1, 0.15) is 76.3 Å². The summed E-state index contributed by atoms with van der Waals surface area (Å²) in [6.45, 7) is 5.13. The summed E-state index contributed by atoms with van der Waals surface area (Å²) in [7, 11) is 0. The number of benzene rings is 2. The number of ether oxygens (including phenoxy) is 1. The summed E-state index contributed by atoms with van der Waals surface area (Å²) in [5.41, 5.74) is 4.23. The smallest absolute Gasteiger partial charge is 0.137 e. The largest absolute Gasteiger partial charge is 0.492 e. The molecule has 0 unspecified atom stereocenters. The summed E-state index contributed by atoms with van der Waals surface area (Å²) >= 11 is 0. The molecule has 0 saturated heterocycles. The van der Waals surface area contributed by atoms with E-state index >= 15 is 0 Å². The highest BCUT2D eigenvalue weighted by molar-refractivity contribution is 5.67. The minimum absolute atomic E-state index is 0.617. The molecule has 0 aliphatic carbocycles. The first-order valence-corrected chi connectivity index (χ1v) is 10.5. The van der Waals surface area contributed by atoms with E-state index < -0.39 is 0 Å². The second kappa shape index (κ2) is 12.2. The van der Waals surface area contributed by atoms with Crippen LogP contribution in [0.2, 0.25) is 0 Å². The van der Waals surface area contributed by atoms with Crippen LogP contribution in [-0.4, -0.2) is 6.61 Å². The van der Waals surface area contributed by atoms with Crippen molar-refractivity contribution in [3.05, 3.63) is 53.6 Å². The van der Waals surface area contributed by atoms with Crippen LogP contribution in [0.5, 0.6) is 5.75 Å². The highest BCUT2D eigenvalue weighted by Gasteiger charge is 2.07. The lowest BCUT2D eigenvalue weighted by Gasteiger charge is -2.10. The Morgan fingerprint density at radius 3 is 2.11 bits per heavy atom. The summed E-state index contributed by atoms with van der Waals surface area (Å²) in [4.78, 5) is 0. The van der Waals surface area contributed by atoms with Crippen molar-refractivity contribution in [2.75, 3.05) is 6.61 Å².